The van der Waals surface area contributed by atoms with Gasteiger partial charge in [-0.2, -0.15) is 0 Å². The van der Waals surface area contributed by atoms with Crippen molar-refractivity contribution >= 4 is 5.69 Å². The Morgan fingerprint density at radius 2 is 2.43 bits per heavy atom. The molecule has 1 aliphatic rings. The second-order valence-electron chi connectivity index (χ2n) is 3.38. The van der Waals surface area contributed by atoms with Gasteiger partial charge in [0.05, 0.1) is 6.61 Å². The number of rotatable bonds is 4. The summed E-state index contributed by atoms with van der Waals surface area (Å²) in [6.45, 7) is 5.46. The zero-order valence-electron chi connectivity index (χ0n) is 8.25. The van der Waals surface area contributed by atoms with Gasteiger partial charge in [-0.3, -0.25) is 0 Å². The number of nitrogens with one attached hydrogen (secondary N) is 1. The third-order valence-corrected chi connectivity index (χ3v) is 2.41. The molecule has 0 amide bonds. The molecule has 1 aromatic rings. The average molecular weight is 189 g/mol. The smallest absolute Gasteiger partial charge is 0.124 e. The molecule has 0 radical (unpaired) electrons. The molecule has 0 aliphatic carbocycles. The molecule has 1 aliphatic heterocycles. The number of fused-ring (bicyclic) bond motifs is 1. The van der Waals surface area contributed by atoms with Crippen LogP contribution >= 0.6 is 0 Å². The van der Waals surface area contributed by atoms with E-state index in [1.165, 1.54) is 11.3 Å². The Hall–Kier alpha value is -1.44. The maximum Gasteiger partial charge on any atom is 0.124 e. The standard InChI is InChI=1S/C12H15NO/c1-2-3-8-13-11-5-4-6-12-10(11)7-9-14-12/h2,4-6,13H,1,3,7-9H2. The van der Waals surface area contributed by atoms with E-state index in [2.05, 4.69) is 18.0 Å². The third-order valence-electron chi connectivity index (χ3n) is 2.41. The molecule has 0 saturated heterocycles. The normalized spacial score (nSPS) is 13.1. The molecule has 0 atom stereocenters. The van der Waals surface area contributed by atoms with Gasteiger partial charge in [0.2, 0.25) is 0 Å². The number of benzene rings is 1. The second-order valence-corrected chi connectivity index (χ2v) is 3.38. The quantitative estimate of drug-likeness (QED) is 0.580. The molecule has 0 unspecified atom stereocenters. The van der Waals surface area contributed by atoms with Crippen LogP contribution in [0.5, 0.6) is 5.75 Å². The minimum Gasteiger partial charge on any atom is -0.493 e. The summed E-state index contributed by atoms with van der Waals surface area (Å²) in [6, 6.07) is 6.16. The molecule has 0 fully saturated rings. The maximum absolute atomic E-state index is 5.49. The Morgan fingerprint density at radius 3 is 3.29 bits per heavy atom. The molecule has 74 valence electrons. The molecule has 0 spiro atoms. The summed E-state index contributed by atoms with van der Waals surface area (Å²) in [5.74, 6) is 1.04. The molecule has 0 aromatic heterocycles. The van der Waals surface area contributed by atoms with E-state index in [1.807, 2.05) is 18.2 Å². The Morgan fingerprint density at radius 1 is 1.50 bits per heavy atom. The summed E-state index contributed by atoms with van der Waals surface area (Å²) in [4.78, 5) is 0. The monoisotopic (exact) mass is 189 g/mol. The average Bonchev–Trinajstić information content (AvgIpc) is 2.67. The van der Waals surface area contributed by atoms with E-state index in [0.717, 1.165) is 31.7 Å². The number of ether oxygens (including phenoxy) is 1. The fourth-order valence-electron chi connectivity index (χ4n) is 1.70. The van der Waals surface area contributed by atoms with Crippen LogP contribution in [-0.2, 0) is 6.42 Å². The molecule has 2 rings (SSSR count). The molecule has 0 saturated carbocycles. The first-order valence-electron chi connectivity index (χ1n) is 5.01. The summed E-state index contributed by atoms with van der Waals surface area (Å²) in [5.41, 5.74) is 2.53. The Balaban J connectivity index is 2.10. The van der Waals surface area contributed by atoms with Crippen molar-refractivity contribution in [3.05, 3.63) is 36.4 Å². The highest BCUT2D eigenvalue weighted by atomic mass is 16.5. The minimum absolute atomic E-state index is 0.815. The van der Waals surface area contributed by atoms with Crippen LogP contribution in [0.15, 0.2) is 30.9 Å². The van der Waals surface area contributed by atoms with Crippen LogP contribution in [0.2, 0.25) is 0 Å². The van der Waals surface area contributed by atoms with E-state index < -0.39 is 0 Å². The van der Waals surface area contributed by atoms with Crippen LogP contribution < -0.4 is 10.1 Å². The van der Waals surface area contributed by atoms with Gasteiger partial charge in [-0.05, 0) is 18.6 Å². The van der Waals surface area contributed by atoms with Crippen LogP contribution in [0.3, 0.4) is 0 Å². The first-order chi connectivity index (χ1) is 6.92. The molecule has 14 heavy (non-hydrogen) atoms. The Kier molecular flexibility index (Phi) is 2.73. The van der Waals surface area contributed by atoms with E-state index in [4.69, 9.17) is 4.74 Å². The molecule has 1 heterocycles. The second kappa shape index (κ2) is 4.18. The Bertz CT molecular complexity index is 333. The van der Waals surface area contributed by atoms with Crippen molar-refractivity contribution < 1.29 is 4.74 Å². The molecule has 2 nitrogen and oxygen atoms in total. The molecule has 1 aromatic carbocycles. The fraction of sp³-hybridized carbons (Fsp3) is 0.333. The zero-order valence-corrected chi connectivity index (χ0v) is 8.25. The van der Waals surface area contributed by atoms with Gasteiger partial charge in [-0.25, -0.2) is 0 Å². The number of hydrogen-bond donors (Lipinski definition) is 1. The van der Waals surface area contributed by atoms with E-state index in [0.29, 0.717) is 0 Å². The van der Waals surface area contributed by atoms with Crippen LogP contribution in [0, 0.1) is 0 Å². The molecular formula is C12H15NO. The van der Waals surface area contributed by atoms with Crippen molar-refractivity contribution in [3.63, 3.8) is 0 Å². The van der Waals surface area contributed by atoms with Gasteiger partial charge in [0.25, 0.3) is 0 Å². The van der Waals surface area contributed by atoms with Crippen molar-refractivity contribution in [2.75, 3.05) is 18.5 Å². The van der Waals surface area contributed by atoms with Gasteiger partial charge in [-0.15, -0.1) is 6.58 Å². The highest BCUT2D eigenvalue weighted by molar-refractivity contribution is 5.59. The fourth-order valence-corrected chi connectivity index (χ4v) is 1.70. The third kappa shape index (κ3) is 1.74. The topological polar surface area (TPSA) is 21.3 Å². The highest BCUT2D eigenvalue weighted by Gasteiger charge is 2.14. The lowest BCUT2D eigenvalue weighted by Gasteiger charge is -2.08. The Labute approximate surface area is 84.6 Å². The predicted molar refractivity (Wildman–Crippen MR) is 58.9 cm³/mol. The van der Waals surface area contributed by atoms with Crippen molar-refractivity contribution in [2.45, 2.75) is 12.8 Å². The van der Waals surface area contributed by atoms with Gasteiger partial charge in [0.15, 0.2) is 0 Å². The van der Waals surface area contributed by atoms with Crippen molar-refractivity contribution in [1.29, 1.82) is 0 Å². The maximum atomic E-state index is 5.49. The number of anilines is 1. The van der Waals surface area contributed by atoms with Gasteiger partial charge in [-0.1, -0.05) is 12.1 Å². The van der Waals surface area contributed by atoms with Crippen molar-refractivity contribution in [1.82, 2.24) is 0 Å². The summed E-state index contributed by atoms with van der Waals surface area (Å²) in [5, 5.41) is 3.39. The summed E-state index contributed by atoms with van der Waals surface area (Å²) >= 11 is 0. The van der Waals surface area contributed by atoms with E-state index >= 15 is 0 Å². The first-order valence-corrected chi connectivity index (χ1v) is 5.01. The van der Waals surface area contributed by atoms with Gasteiger partial charge in [0, 0.05) is 24.2 Å². The van der Waals surface area contributed by atoms with Crippen molar-refractivity contribution in [2.24, 2.45) is 0 Å². The predicted octanol–water partition coefficient (Wildman–Crippen LogP) is 2.61. The summed E-state index contributed by atoms with van der Waals surface area (Å²) in [7, 11) is 0. The molecule has 2 heteroatoms. The van der Waals surface area contributed by atoms with E-state index in [-0.39, 0.29) is 0 Å². The van der Waals surface area contributed by atoms with E-state index in [9.17, 15) is 0 Å². The highest BCUT2D eigenvalue weighted by Crippen LogP contribution is 2.31. The van der Waals surface area contributed by atoms with Crippen LogP contribution in [-0.4, -0.2) is 13.2 Å². The van der Waals surface area contributed by atoms with Gasteiger partial charge < -0.3 is 10.1 Å². The molecular weight excluding hydrogens is 174 g/mol. The summed E-state index contributed by atoms with van der Waals surface area (Å²) in [6.07, 6.45) is 3.93. The summed E-state index contributed by atoms with van der Waals surface area (Å²) < 4.78 is 5.49. The van der Waals surface area contributed by atoms with Crippen LogP contribution in [0.1, 0.15) is 12.0 Å². The van der Waals surface area contributed by atoms with Gasteiger partial charge >= 0.3 is 0 Å². The zero-order chi connectivity index (χ0) is 9.80. The van der Waals surface area contributed by atoms with Gasteiger partial charge in [0.1, 0.15) is 5.75 Å². The van der Waals surface area contributed by atoms with Crippen LogP contribution in [0.4, 0.5) is 5.69 Å². The lowest BCUT2D eigenvalue weighted by molar-refractivity contribution is 0.357. The lowest BCUT2D eigenvalue weighted by atomic mass is 10.1. The first kappa shape index (κ1) is 9.13. The lowest BCUT2D eigenvalue weighted by Crippen LogP contribution is -2.02. The molecule has 1 N–H and O–H groups in total. The molecule has 0 bridgehead atoms. The van der Waals surface area contributed by atoms with E-state index in [1.54, 1.807) is 0 Å². The minimum atomic E-state index is 0.815. The largest absolute Gasteiger partial charge is 0.493 e. The SMILES string of the molecule is C=CCCNc1cccc2c1CCO2. The van der Waals surface area contributed by atoms with Crippen LogP contribution in [0.25, 0.3) is 0 Å². The van der Waals surface area contributed by atoms with Crippen molar-refractivity contribution in [3.8, 4) is 5.75 Å². The number of hydrogen-bond acceptors (Lipinski definition) is 2.